The van der Waals surface area contributed by atoms with Crippen molar-refractivity contribution in [2.45, 2.75) is 6.54 Å². The Bertz CT molecular complexity index is 697. The standard InChI is InChI=1S/C15H16N4S3/c1-7-20-10-12(1)14-17-13(11-22-14)9-18-3-5-19(6-4-18)15-16-2-8-21-15/h1-2,7-8,10-11H,3-6,9H2. The summed E-state index contributed by atoms with van der Waals surface area (Å²) in [4.78, 5) is 14.0. The number of aromatic nitrogens is 2. The first-order valence-corrected chi connectivity index (χ1v) is 9.92. The van der Waals surface area contributed by atoms with Gasteiger partial charge in [0.2, 0.25) is 0 Å². The molecule has 1 fully saturated rings. The van der Waals surface area contributed by atoms with E-state index in [0.29, 0.717) is 0 Å². The molecule has 0 saturated carbocycles. The average molecular weight is 349 g/mol. The predicted octanol–water partition coefficient (Wildman–Crippen LogP) is 3.65. The topological polar surface area (TPSA) is 32.3 Å². The van der Waals surface area contributed by atoms with Crippen molar-refractivity contribution in [3.63, 3.8) is 0 Å². The maximum absolute atomic E-state index is 4.78. The van der Waals surface area contributed by atoms with Crippen LogP contribution in [0.5, 0.6) is 0 Å². The molecule has 0 N–H and O–H groups in total. The van der Waals surface area contributed by atoms with E-state index in [-0.39, 0.29) is 0 Å². The van der Waals surface area contributed by atoms with E-state index in [1.807, 2.05) is 11.6 Å². The summed E-state index contributed by atoms with van der Waals surface area (Å²) in [6.07, 6.45) is 1.88. The molecule has 0 aromatic carbocycles. The third-order valence-electron chi connectivity index (χ3n) is 3.77. The Morgan fingerprint density at radius 1 is 1.05 bits per heavy atom. The number of nitrogens with zero attached hydrogens (tertiary/aromatic N) is 4. The van der Waals surface area contributed by atoms with Crippen molar-refractivity contribution >= 4 is 39.1 Å². The van der Waals surface area contributed by atoms with Gasteiger partial charge in [-0.15, -0.1) is 22.7 Å². The molecule has 0 aliphatic carbocycles. The van der Waals surface area contributed by atoms with Gasteiger partial charge >= 0.3 is 0 Å². The molecule has 1 aliphatic heterocycles. The Balaban J connectivity index is 1.35. The molecule has 0 atom stereocenters. The van der Waals surface area contributed by atoms with Crippen LogP contribution in [0.15, 0.2) is 33.8 Å². The number of thiazole rings is 2. The minimum absolute atomic E-state index is 0.951. The second kappa shape index (κ2) is 6.45. The van der Waals surface area contributed by atoms with E-state index in [1.54, 1.807) is 34.0 Å². The summed E-state index contributed by atoms with van der Waals surface area (Å²) in [5.74, 6) is 0. The Morgan fingerprint density at radius 2 is 1.95 bits per heavy atom. The van der Waals surface area contributed by atoms with Crippen LogP contribution in [-0.2, 0) is 6.54 Å². The Hall–Kier alpha value is -1.28. The molecule has 7 heteroatoms. The minimum Gasteiger partial charge on any atom is -0.346 e. The molecule has 114 valence electrons. The van der Waals surface area contributed by atoms with Crippen molar-refractivity contribution in [2.75, 3.05) is 31.1 Å². The third-order valence-corrected chi connectivity index (χ3v) is 6.22. The van der Waals surface area contributed by atoms with Crippen LogP contribution in [0.3, 0.4) is 0 Å². The van der Waals surface area contributed by atoms with Crippen molar-refractivity contribution in [3.05, 3.63) is 39.5 Å². The van der Waals surface area contributed by atoms with E-state index in [1.165, 1.54) is 11.3 Å². The van der Waals surface area contributed by atoms with E-state index in [0.717, 1.165) is 42.9 Å². The first-order valence-electron chi connectivity index (χ1n) is 7.22. The summed E-state index contributed by atoms with van der Waals surface area (Å²) < 4.78 is 0. The fraction of sp³-hybridized carbons (Fsp3) is 0.333. The normalized spacial score (nSPS) is 16.3. The van der Waals surface area contributed by atoms with Crippen LogP contribution < -0.4 is 4.90 Å². The molecular formula is C15H16N4S3. The van der Waals surface area contributed by atoms with Gasteiger partial charge in [0.25, 0.3) is 0 Å². The molecule has 4 rings (SSSR count). The van der Waals surface area contributed by atoms with Crippen molar-refractivity contribution in [1.29, 1.82) is 0 Å². The Morgan fingerprint density at radius 3 is 2.68 bits per heavy atom. The fourth-order valence-electron chi connectivity index (χ4n) is 2.60. The molecule has 1 saturated heterocycles. The number of hydrogen-bond donors (Lipinski definition) is 0. The molecule has 0 radical (unpaired) electrons. The zero-order valence-electron chi connectivity index (χ0n) is 12.0. The van der Waals surface area contributed by atoms with Crippen molar-refractivity contribution in [1.82, 2.24) is 14.9 Å². The highest BCUT2D eigenvalue weighted by Crippen LogP contribution is 2.26. The Kier molecular flexibility index (Phi) is 4.20. The van der Waals surface area contributed by atoms with Gasteiger partial charge in [-0.25, -0.2) is 9.97 Å². The van der Waals surface area contributed by atoms with Crippen LogP contribution in [0.2, 0.25) is 0 Å². The summed E-state index contributed by atoms with van der Waals surface area (Å²) in [5, 5.41) is 10.8. The van der Waals surface area contributed by atoms with Crippen LogP contribution in [0.1, 0.15) is 5.69 Å². The van der Waals surface area contributed by atoms with E-state index >= 15 is 0 Å². The molecule has 3 aromatic rings. The van der Waals surface area contributed by atoms with Gasteiger partial charge in [0.1, 0.15) is 5.01 Å². The summed E-state index contributed by atoms with van der Waals surface area (Å²) in [6.45, 7) is 5.20. The molecule has 4 heterocycles. The zero-order chi connectivity index (χ0) is 14.8. The monoisotopic (exact) mass is 348 g/mol. The molecule has 22 heavy (non-hydrogen) atoms. The van der Waals surface area contributed by atoms with Gasteiger partial charge in [-0.2, -0.15) is 11.3 Å². The zero-order valence-corrected chi connectivity index (χ0v) is 14.5. The smallest absolute Gasteiger partial charge is 0.185 e. The number of rotatable bonds is 4. The highest BCUT2D eigenvalue weighted by molar-refractivity contribution is 7.14. The third kappa shape index (κ3) is 3.08. The summed E-state index contributed by atoms with van der Waals surface area (Å²) >= 11 is 5.19. The molecule has 0 amide bonds. The van der Waals surface area contributed by atoms with Crippen molar-refractivity contribution in [2.24, 2.45) is 0 Å². The molecule has 0 unspecified atom stereocenters. The minimum atomic E-state index is 0.951. The molecule has 3 aromatic heterocycles. The predicted molar refractivity (Wildman–Crippen MR) is 95.0 cm³/mol. The largest absolute Gasteiger partial charge is 0.346 e. The number of hydrogen-bond acceptors (Lipinski definition) is 7. The summed E-state index contributed by atoms with van der Waals surface area (Å²) in [5.41, 5.74) is 2.43. The first kappa shape index (κ1) is 14.3. The van der Waals surface area contributed by atoms with Gasteiger partial charge < -0.3 is 4.90 Å². The van der Waals surface area contributed by atoms with Gasteiger partial charge in [0.05, 0.1) is 5.69 Å². The molecular weight excluding hydrogens is 332 g/mol. The average Bonchev–Trinajstić information content (AvgIpc) is 3.30. The highest BCUT2D eigenvalue weighted by Gasteiger charge is 2.19. The Labute approximate surface area is 141 Å². The lowest BCUT2D eigenvalue weighted by atomic mass is 10.3. The quantitative estimate of drug-likeness (QED) is 0.720. The number of thiophene rings is 1. The van der Waals surface area contributed by atoms with Crippen molar-refractivity contribution in [3.8, 4) is 10.6 Å². The van der Waals surface area contributed by atoms with Gasteiger partial charge in [-0.3, -0.25) is 4.90 Å². The van der Waals surface area contributed by atoms with Gasteiger partial charge in [0, 0.05) is 60.6 Å². The van der Waals surface area contributed by atoms with Gasteiger partial charge in [-0.05, 0) is 11.4 Å². The fourth-order valence-corrected chi connectivity index (χ4v) is 4.82. The lowest BCUT2D eigenvalue weighted by Gasteiger charge is -2.34. The molecule has 4 nitrogen and oxygen atoms in total. The second-order valence-corrected chi connectivity index (χ2v) is 7.75. The molecule has 0 spiro atoms. The molecule has 0 bridgehead atoms. The van der Waals surface area contributed by atoms with Crippen molar-refractivity contribution < 1.29 is 0 Å². The SMILES string of the molecule is c1csc(N2CCN(Cc3csc(-c4ccsc4)n3)CC2)n1. The maximum atomic E-state index is 4.78. The lowest BCUT2D eigenvalue weighted by Crippen LogP contribution is -2.45. The van der Waals surface area contributed by atoms with E-state index in [2.05, 4.69) is 37.0 Å². The van der Waals surface area contributed by atoms with Gasteiger partial charge in [0.15, 0.2) is 5.13 Å². The summed E-state index contributed by atoms with van der Waals surface area (Å²) in [7, 11) is 0. The van der Waals surface area contributed by atoms with E-state index in [9.17, 15) is 0 Å². The number of anilines is 1. The second-order valence-electron chi connectivity index (χ2n) is 5.23. The maximum Gasteiger partial charge on any atom is 0.185 e. The number of piperazine rings is 1. The van der Waals surface area contributed by atoms with E-state index in [4.69, 9.17) is 4.98 Å². The van der Waals surface area contributed by atoms with E-state index < -0.39 is 0 Å². The van der Waals surface area contributed by atoms with Crippen LogP contribution in [0, 0.1) is 0 Å². The van der Waals surface area contributed by atoms with Crippen LogP contribution in [0.25, 0.3) is 10.6 Å². The lowest BCUT2D eigenvalue weighted by molar-refractivity contribution is 0.247. The first-order chi connectivity index (χ1) is 10.9. The van der Waals surface area contributed by atoms with Crippen LogP contribution >= 0.6 is 34.0 Å². The van der Waals surface area contributed by atoms with Gasteiger partial charge in [-0.1, -0.05) is 0 Å². The molecule has 1 aliphatic rings. The highest BCUT2D eigenvalue weighted by atomic mass is 32.1. The summed E-state index contributed by atoms with van der Waals surface area (Å²) in [6, 6.07) is 2.14. The van der Waals surface area contributed by atoms with Crippen LogP contribution in [-0.4, -0.2) is 41.0 Å². The van der Waals surface area contributed by atoms with Crippen LogP contribution in [0.4, 0.5) is 5.13 Å².